The lowest BCUT2D eigenvalue weighted by molar-refractivity contribution is -0.137. The summed E-state index contributed by atoms with van der Waals surface area (Å²) in [5, 5.41) is 12.1. The van der Waals surface area contributed by atoms with Crippen LogP contribution in [-0.2, 0) is 4.79 Å². The largest absolute Gasteiger partial charge is 0.481 e. The summed E-state index contributed by atoms with van der Waals surface area (Å²) in [4.78, 5) is 23.4. The van der Waals surface area contributed by atoms with Crippen LogP contribution in [0.1, 0.15) is 47.2 Å². The topological polar surface area (TPSA) is 66.4 Å². The number of carboxylic acid groups (broad SMARTS) is 1. The van der Waals surface area contributed by atoms with Gasteiger partial charge in [-0.05, 0) is 44.7 Å². The highest BCUT2D eigenvalue weighted by atomic mass is 16.4. The van der Waals surface area contributed by atoms with Crippen LogP contribution in [-0.4, -0.2) is 28.9 Å². The first-order valence-electron chi connectivity index (χ1n) is 7.06. The molecule has 1 aromatic rings. The lowest BCUT2D eigenvalue weighted by atomic mass is 9.95. The molecule has 1 aromatic carbocycles. The summed E-state index contributed by atoms with van der Waals surface area (Å²) in [6.07, 6.45) is 2.51. The number of ketones is 1. The van der Waals surface area contributed by atoms with Crippen molar-refractivity contribution in [2.75, 3.05) is 0 Å². The first-order chi connectivity index (χ1) is 9.47. The van der Waals surface area contributed by atoms with E-state index in [9.17, 15) is 9.59 Å². The van der Waals surface area contributed by atoms with Gasteiger partial charge in [0.25, 0.3) is 0 Å². The molecule has 1 atom stereocenters. The van der Waals surface area contributed by atoms with Crippen molar-refractivity contribution < 1.29 is 14.7 Å². The van der Waals surface area contributed by atoms with Gasteiger partial charge in [0.1, 0.15) is 0 Å². The van der Waals surface area contributed by atoms with Gasteiger partial charge in [-0.3, -0.25) is 9.59 Å². The molecule has 4 heteroatoms. The highest BCUT2D eigenvalue weighted by Crippen LogP contribution is 2.22. The first kappa shape index (κ1) is 14.7. The molecule has 1 aliphatic rings. The molecule has 1 unspecified atom stereocenters. The maximum Gasteiger partial charge on any atom is 0.303 e. The average molecular weight is 275 g/mol. The summed E-state index contributed by atoms with van der Waals surface area (Å²) in [6.45, 7) is 3.87. The second-order valence-corrected chi connectivity index (χ2v) is 5.61. The highest BCUT2D eigenvalue weighted by Gasteiger charge is 2.29. The van der Waals surface area contributed by atoms with Crippen LogP contribution in [0, 0.1) is 13.8 Å². The second kappa shape index (κ2) is 6.18. The highest BCUT2D eigenvalue weighted by molar-refractivity contribution is 6.01. The average Bonchev–Trinajstić information content (AvgIpc) is 3.20. The number of hydrogen-bond donors (Lipinski definition) is 2. The number of carbonyl (C=O) groups is 2. The van der Waals surface area contributed by atoms with Crippen LogP contribution in [0.5, 0.6) is 0 Å². The van der Waals surface area contributed by atoms with Crippen molar-refractivity contribution in [2.45, 2.75) is 51.6 Å². The van der Waals surface area contributed by atoms with Gasteiger partial charge in [-0.2, -0.15) is 0 Å². The van der Waals surface area contributed by atoms with Crippen LogP contribution in [0.15, 0.2) is 18.2 Å². The van der Waals surface area contributed by atoms with E-state index in [1.165, 1.54) is 0 Å². The van der Waals surface area contributed by atoms with Crippen molar-refractivity contribution in [3.8, 4) is 0 Å². The number of aryl methyl sites for hydroxylation is 2. The zero-order valence-electron chi connectivity index (χ0n) is 12.0. The van der Waals surface area contributed by atoms with E-state index in [1.54, 1.807) is 0 Å². The van der Waals surface area contributed by atoms with Crippen molar-refractivity contribution in [3.63, 3.8) is 0 Å². The summed E-state index contributed by atoms with van der Waals surface area (Å²) in [5.74, 6) is -0.847. The molecule has 1 aliphatic carbocycles. The quantitative estimate of drug-likeness (QED) is 0.750. The standard InChI is InChI=1S/C16H21NO3/c1-10-3-4-11(2)13(9-10)16(20)14(7-8-15(18)19)17-12-5-6-12/h3-4,9,12,14,17H,5-8H2,1-2H3,(H,18,19). The number of carbonyl (C=O) groups excluding carboxylic acids is 1. The maximum atomic E-state index is 12.6. The molecule has 0 radical (unpaired) electrons. The minimum atomic E-state index is -0.860. The number of nitrogens with one attached hydrogen (secondary N) is 1. The molecule has 1 saturated carbocycles. The third-order valence-electron chi connectivity index (χ3n) is 3.64. The van der Waals surface area contributed by atoms with E-state index >= 15 is 0 Å². The molecular weight excluding hydrogens is 254 g/mol. The Labute approximate surface area is 119 Å². The monoisotopic (exact) mass is 275 g/mol. The fourth-order valence-electron chi connectivity index (χ4n) is 2.28. The molecule has 0 bridgehead atoms. The Morgan fingerprint density at radius 1 is 1.35 bits per heavy atom. The first-order valence-corrected chi connectivity index (χ1v) is 7.06. The Bertz CT molecular complexity index is 520. The number of Topliss-reactive ketones (excluding diaryl/α,β-unsaturated/α-hetero) is 1. The minimum Gasteiger partial charge on any atom is -0.481 e. The minimum absolute atomic E-state index is 0.0133. The normalized spacial score (nSPS) is 15.9. The van der Waals surface area contributed by atoms with Crippen LogP contribution in [0.4, 0.5) is 0 Å². The Morgan fingerprint density at radius 2 is 2.05 bits per heavy atom. The molecule has 0 amide bonds. The molecular formula is C16H21NO3. The van der Waals surface area contributed by atoms with E-state index in [4.69, 9.17) is 5.11 Å². The summed E-state index contributed by atoms with van der Waals surface area (Å²) in [5.41, 5.74) is 2.69. The molecule has 108 valence electrons. The predicted octanol–water partition coefficient (Wildman–Crippen LogP) is 2.47. The van der Waals surface area contributed by atoms with Crippen molar-refractivity contribution in [2.24, 2.45) is 0 Å². The molecule has 0 heterocycles. The Kier molecular flexibility index (Phi) is 4.55. The number of rotatable bonds is 7. The van der Waals surface area contributed by atoms with E-state index in [0.29, 0.717) is 18.0 Å². The van der Waals surface area contributed by atoms with Gasteiger partial charge in [-0.1, -0.05) is 17.7 Å². The van der Waals surface area contributed by atoms with Crippen molar-refractivity contribution in [3.05, 3.63) is 34.9 Å². The van der Waals surface area contributed by atoms with E-state index in [1.807, 2.05) is 32.0 Å². The number of hydrogen-bond acceptors (Lipinski definition) is 3. The van der Waals surface area contributed by atoms with Gasteiger partial charge in [0, 0.05) is 18.0 Å². The Balaban J connectivity index is 2.15. The fourth-order valence-corrected chi connectivity index (χ4v) is 2.28. The summed E-state index contributed by atoms with van der Waals surface area (Å²) in [6, 6.07) is 5.79. The molecule has 0 aliphatic heterocycles. The lowest BCUT2D eigenvalue weighted by Gasteiger charge is -2.18. The molecule has 0 spiro atoms. The maximum absolute atomic E-state index is 12.6. The predicted molar refractivity (Wildman–Crippen MR) is 77.1 cm³/mol. The molecule has 0 saturated heterocycles. The lowest BCUT2D eigenvalue weighted by Crippen LogP contribution is -2.39. The summed E-state index contributed by atoms with van der Waals surface area (Å²) < 4.78 is 0. The van der Waals surface area contributed by atoms with Gasteiger partial charge < -0.3 is 10.4 Å². The Hall–Kier alpha value is -1.68. The van der Waals surface area contributed by atoms with Crippen LogP contribution in [0.25, 0.3) is 0 Å². The van der Waals surface area contributed by atoms with Gasteiger partial charge in [-0.25, -0.2) is 0 Å². The van der Waals surface area contributed by atoms with Gasteiger partial charge in [0.15, 0.2) is 5.78 Å². The number of carboxylic acids is 1. The zero-order chi connectivity index (χ0) is 14.7. The van der Waals surface area contributed by atoms with Crippen LogP contribution < -0.4 is 5.32 Å². The van der Waals surface area contributed by atoms with Gasteiger partial charge >= 0.3 is 5.97 Å². The number of benzene rings is 1. The van der Waals surface area contributed by atoms with Crippen LogP contribution in [0.3, 0.4) is 0 Å². The fraction of sp³-hybridized carbons (Fsp3) is 0.500. The molecule has 20 heavy (non-hydrogen) atoms. The van der Waals surface area contributed by atoms with E-state index in [0.717, 1.165) is 24.0 Å². The number of aliphatic carboxylic acids is 1. The van der Waals surface area contributed by atoms with E-state index < -0.39 is 5.97 Å². The van der Waals surface area contributed by atoms with Crippen molar-refractivity contribution >= 4 is 11.8 Å². The van der Waals surface area contributed by atoms with E-state index in [-0.39, 0.29) is 18.2 Å². The zero-order valence-corrected chi connectivity index (χ0v) is 12.0. The third-order valence-corrected chi connectivity index (χ3v) is 3.64. The molecule has 1 fully saturated rings. The molecule has 0 aromatic heterocycles. The van der Waals surface area contributed by atoms with Crippen LogP contribution in [0.2, 0.25) is 0 Å². The third kappa shape index (κ3) is 3.90. The summed E-state index contributed by atoms with van der Waals surface area (Å²) >= 11 is 0. The smallest absolute Gasteiger partial charge is 0.303 e. The van der Waals surface area contributed by atoms with Crippen molar-refractivity contribution in [1.29, 1.82) is 0 Å². The van der Waals surface area contributed by atoms with Gasteiger partial charge in [0.2, 0.25) is 0 Å². The van der Waals surface area contributed by atoms with Crippen LogP contribution >= 0.6 is 0 Å². The Morgan fingerprint density at radius 3 is 2.65 bits per heavy atom. The molecule has 2 N–H and O–H groups in total. The van der Waals surface area contributed by atoms with Crippen molar-refractivity contribution in [1.82, 2.24) is 5.32 Å². The second-order valence-electron chi connectivity index (χ2n) is 5.61. The summed E-state index contributed by atoms with van der Waals surface area (Å²) in [7, 11) is 0. The van der Waals surface area contributed by atoms with Gasteiger partial charge in [-0.15, -0.1) is 0 Å². The SMILES string of the molecule is Cc1ccc(C)c(C(=O)C(CCC(=O)O)NC2CC2)c1. The van der Waals surface area contributed by atoms with Gasteiger partial charge in [0.05, 0.1) is 6.04 Å². The molecule has 4 nitrogen and oxygen atoms in total. The molecule has 2 rings (SSSR count). The van der Waals surface area contributed by atoms with E-state index in [2.05, 4.69) is 5.32 Å².